The van der Waals surface area contributed by atoms with Crippen molar-refractivity contribution in [1.29, 1.82) is 0 Å². The number of amides is 1. The summed E-state index contributed by atoms with van der Waals surface area (Å²) in [6.07, 6.45) is 0. The maximum absolute atomic E-state index is 12.1. The Morgan fingerprint density at radius 2 is 1.77 bits per heavy atom. The summed E-state index contributed by atoms with van der Waals surface area (Å²) in [6.45, 7) is 2.08. The summed E-state index contributed by atoms with van der Waals surface area (Å²) in [5.74, 6) is 1.34. The summed E-state index contributed by atoms with van der Waals surface area (Å²) >= 11 is 1.63. The fraction of sp³-hybridized carbons (Fsp3) is 0.278. The van der Waals surface area contributed by atoms with Crippen LogP contribution in [0, 0.1) is 6.92 Å². The van der Waals surface area contributed by atoms with Gasteiger partial charge in [0, 0.05) is 19.8 Å². The van der Waals surface area contributed by atoms with Crippen LogP contribution in [-0.2, 0) is 10.5 Å². The molecule has 0 atom stereocenters. The van der Waals surface area contributed by atoms with Crippen molar-refractivity contribution < 1.29 is 4.79 Å². The zero-order valence-electron chi connectivity index (χ0n) is 13.3. The lowest BCUT2D eigenvalue weighted by Crippen LogP contribution is -2.18. The third-order valence-electron chi connectivity index (χ3n) is 3.28. The molecule has 2 aromatic rings. The molecule has 0 fully saturated rings. The first-order valence-corrected chi connectivity index (χ1v) is 8.41. The van der Waals surface area contributed by atoms with Gasteiger partial charge in [0.1, 0.15) is 0 Å². The van der Waals surface area contributed by atoms with Crippen molar-refractivity contribution in [3.05, 3.63) is 59.7 Å². The van der Waals surface area contributed by atoms with Crippen molar-refractivity contribution in [2.45, 2.75) is 12.7 Å². The Kier molecular flexibility index (Phi) is 5.90. The minimum absolute atomic E-state index is 0.0337. The molecule has 0 heterocycles. The second-order valence-electron chi connectivity index (χ2n) is 5.44. The number of aryl methyl sites for hydroxylation is 1. The van der Waals surface area contributed by atoms with E-state index in [4.69, 9.17) is 0 Å². The molecule has 1 amide bonds. The normalized spacial score (nSPS) is 10.3. The number of hydrogen-bond donors (Lipinski definition) is 1. The van der Waals surface area contributed by atoms with Crippen molar-refractivity contribution in [2.24, 2.45) is 0 Å². The summed E-state index contributed by atoms with van der Waals surface area (Å²) in [5, 5.41) is 2.99. The molecule has 0 aliphatic heterocycles. The molecule has 0 unspecified atom stereocenters. The average Bonchev–Trinajstić information content (AvgIpc) is 2.49. The lowest BCUT2D eigenvalue weighted by atomic mass is 10.2. The van der Waals surface area contributed by atoms with E-state index in [-0.39, 0.29) is 5.91 Å². The molecule has 0 spiro atoms. The van der Waals surface area contributed by atoms with E-state index in [2.05, 4.69) is 36.5 Å². The molecule has 0 aliphatic rings. The lowest BCUT2D eigenvalue weighted by Gasteiger charge is -2.17. The molecule has 3 nitrogen and oxygen atoms in total. The molecule has 22 heavy (non-hydrogen) atoms. The summed E-state index contributed by atoms with van der Waals surface area (Å²) in [6, 6.07) is 16.3. The Labute approximate surface area is 136 Å². The van der Waals surface area contributed by atoms with Crippen LogP contribution in [0.4, 0.5) is 11.4 Å². The number of carbonyl (C=O) groups is 1. The quantitative estimate of drug-likeness (QED) is 0.877. The van der Waals surface area contributed by atoms with E-state index in [1.54, 1.807) is 11.8 Å². The van der Waals surface area contributed by atoms with Gasteiger partial charge >= 0.3 is 0 Å². The Balaban J connectivity index is 1.84. The molecule has 1 N–H and O–H groups in total. The van der Waals surface area contributed by atoms with Gasteiger partial charge in [-0.3, -0.25) is 4.79 Å². The molecule has 0 bridgehead atoms. The van der Waals surface area contributed by atoms with Gasteiger partial charge in [-0.05, 0) is 24.6 Å². The first-order valence-electron chi connectivity index (χ1n) is 7.26. The third kappa shape index (κ3) is 4.81. The molecule has 0 aromatic heterocycles. The van der Waals surface area contributed by atoms with Crippen LogP contribution in [0.5, 0.6) is 0 Å². The maximum atomic E-state index is 12.1. The molecule has 0 saturated heterocycles. The van der Waals surface area contributed by atoms with E-state index in [9.17, 15) is 4.79 Å². The van der Waals surface area contributed by atoms with Gasteiger partial charge in [-0.1, -0.05) is 42.0 Å². The van der Waals surface area contributed by atoms with Crippen LogP contribution in [0.2, 0.25) is 0 Å². The number of para-hydroxylation sites is 2. The first-order chi connectivity index (χ1) is 10.6. The number of carbonyl (C=O) groups excluding carboxylic acids is 1. The van der Waals surface area contributed by atoms with Gasteiger partial charge in [0.05, 0.1) is 17.1 Å². The van der Waals surface area contributed by atoms with E-state index in [0.29, 0.717) is 5.75 Å². The zero-order chi connectivity index (χ0) is 15.9. The number of nitrogens with zero attached hydrogens (tertiary/aromatic N) is 1. The van der Waals surface area contributed by atoms with Gasteiger partial charge in [0.2, 0.25) is 5.91 Å². The van der Waals surface area contributed by atoms with E-state index in [0.717, 1.165) is 17.1 Å². The average molecular weight is 314 g/mol. The smallest absolute Gasteiger partial charge is 0.234 e. The molecule has 4 heteroatoms. The highest BCUT2D eigenvalue weighted by molar-refractivity contribution is 7.99. The van der Waals surface area contributed by atoms with E-state index >= 15 is 0 Å². The highest BCUT2D eigenvalue weighted by Gasteiger charge is 2.08. The number of rotatable bonds is 6. The monoisotopic (exact) mass is 314 g/mol. The van der Waals surface area contributed by atoms with Crippen LogP contribution in [0.3, 0.4) is 0 Å². The topological polar surface area (TPSA) is 32.3 Å². The summed E-state index contributed by atoms with van der Waals surface area (Å²) < 4.78 is 0. The molecule has 2 aromatic carbocycles. The van der Waals surface area contributed by atoms with Crippen molar-refractivity contribution in [3.63, 3.8) is 0 Å². The van der Waals surface area contributed by atoms with Gasteiger partial charge in [0.25, 0.3) is 0 Å². The van der Waals surface area contributed by atoms with Crippen molar-refractivity contribution >= 4 is 29.0 Å². The Morgan fingerprint density at radius 3 is 2.45 bits per heavy atom. The number of anilines is 2. The van der Waals surface area contributed by atoms with Crippen molar-refractivity contribution in [2.75, 3.05) is 30.1 Å². The zero-order valence-corrected chi connectivity index (χ0v) is 14.1. The van der Waals surface area contributed by atoms with Crippen LogP contribution < -0.4 is 10.2 Å². The molecule has 0 saturated carbocycles. The van der Waals surface area contributed by atoms with Crippen LogP contribution in [0.25, 0.3) is 0 Å². The van der Waals surface area contributed by atoms with E-state index in [1.165, 1.54) is 11.1 Å². The number of thioether (sulfide) groups is 1. The van der Waals surface area contributed by atoms with Gasteiger partial charge in [-0.15, -0.1) is 11.8 Å². The molecular weight excluding hydrogens is 292 g/mol. The largest absolute Gasteiger partial charge is 0.376 e. The highest BCUT2D eigenvalue weighted by atomic mass is 32.2. The van der Waals surface area contributed by atoms with Gasteiger partial charge in [0.15, 0.2) is 0 Å². The molecule has 0 radical (unpaired) electrons. The SMILES string of the molecule is Cc1ccc(CSCC(=O)Nc2ccccc2N(C)C)cc1. The minimum atomic E-state index is 0.0337. The molecule has 2 rings (SSSR count). The fourth-order valence-corrected chi connectivity index (χ4v) is 2.89. The summed E-state index contributed by atoms with van der Waals surface area (Å²) in [5.41, 5.74) is 4.37. The summed E-state index contributed by atoms with van der Waals surface area (Å²) in [4.78, 5) is 14.1. The standard InChI is InChI=1S/C18H22N2OS/c1-14-8-10-15(11-9-14)12-22-13-18(21)19-16-6-4-5-7-17(16)20(2)3/h4-11H,12-13H2,1-3H3,(H,19,21). The van der Waals surface area contributed by atoms with Crippen molar-refractivity contribution in [3.8, 4) is 0 Å². The predicted octanol–water partition coefficient (Wildman–Crippen LogP) is 3.93. The van der Waals surface area contributed by atoms with Crippen molar-refractivity contribution in [1.82, 2.24) is 0 Å². The van der Waals surface area contributed by atoms with E-state index < -0.39 is 0 Å². The number of hydrogen-bond acceptors (Lipinski definition) is 3. The highest BCUT2D eigenvalue weighted by Crippen LogP contribution is 2.23. The van der Waals surface area contributed by atoms with Gasteiger partial charge in [-0.2, -0.15) is 0 Å². The minimum Gasteiger partial charge on any atom is -0.376 e. The van der Waals surface area contributed by atoms with Crippen LogP contribution >= 0.6 is 11.8 Å². The Morgan fingerprint density at radius 1 is 1.09 bits per heavy atom. The Bertz CT molecular complexity index is 623. The van der Waals surface area contributed by atoms with Crippen LogP contribution in [0.1, 0.15) is 11.1 Å². The van der Waals surface area contributed by atoms with E-state index in [1.807, 2.05) is 43.3 Å². The molecule has 0 aliphatic carbocycles. The summed E-state index contributed by atoms with van der Waals surface area (Å²) in [7, 11) is 3.94. The molecule has 116 valence electrons. The molecular formula is C18H22N2OS. The second-order valence-corrected chi connectivity index (χ2v) is 6.42. The first kappa shape index (κ1) is 16.4. The maximum Gasteiger partial charge on any atom is 0.234 e. The van der Waals surface area contributed by atoms with Gasteiger partial charge < -0.3 is 10.2 Å². The van der Waals surface area contributed by atoms with Crippen LogP contribution in [0.15, 0.2) is 48.5 Å². The number of nitrogens with one attached hydrogen (secondary N) is 1. The predicted molar refractivity (Wildman–Crippen MR) is 96.7 cm³/mol. The van der Waals surface area contributed by atoms with Crippen LogP contribution in [-0.4, -0.2) is 25.8 Å². The lowest BCUT2D eigenvalue weighted by molar-refractivity contribution is -0.113. The van der Waals surface area contributed by atoms with Gasteiger partial charge in [-0.25, -0.2) is 0 Å². The number of benzene rings is 2. The Hall–Kier alpha value is -1.94. The second kappa shape index (κ2) is 7.90. The third-order valence-corrected chi connectivity index (χ3v) is 4.29. The fourth-order valence-electron chi connectivity index (χ4n) is 2.10.